The molecule has 0 fully saturated rings. The molecule has 0 aliphatic carbocycles. The first-order valence-electron chi connectivity index (χ1n) is 6.33. The fraction of sp³-hybridized carbons (Fsp3) is 0.462. The maximum atomic E-state index is 6.27. The summed E-state index contributed by atoms with van der Waals surface area (Å²) in [7, 11) is 3.52. The Labute approximate surface area is 123 Å². The second kappa shape index (κ2) is 6.78. The number of halogens is 1. The van der Waals surface area contributed by atoms with Crippen molar-refractivity contribution in [3.05, 3.63) is 40.7 Å². The van der Waals surface area contributed by atoms with Crippen molar-refractivity contribution in [1.82, 2.24) is 25.1 Å². The minimum absolute atomic E-state index is 0.157. The largest absolute Gasteiger partial charge is 0.383 e. The molecule has 2 heterocycles. The number of methoxy groups -OCH3 is 1. The predicted molar refractivity (Wildman–Crippen MR) is 76.8 cm³/mol. The highest BCUT2D eigenvalue weighted by molar-refractivity contribution is 6.31. The van der Waals surface area contributed by atoms with Crippen LogP contribution in [0, 0.1) is 6.92 Å². The number of hydrogen-bond acceptors (Lipinski definition) is 5. The first kappa shape index (κ1) is 14.9. The lowest BCUT2D eigenvalue weighted by Crippen LogP contribution is -2.24. The van der Waals surface area contributed by atoms with Gasteiger partial charge in [0.05, 0.1) is 53.7 Å². The van der Waals surface area contributed by atoms with Crippen molar-refractivity contribution < 1.29 is 4.74 Å². The molecule has 6 nitrogen and oxygen atoms in total. The molecule has 0 spiro atoms. The van der Waals surface area contributed by atoms with Crippen LogP contribution in [0.1, 0.15) is 23.1 Å². The molecule has 0 bridgehead atoms. The van der Waals surface area contributed by atoms with Gasteiger partial charge in [0.1, 0.15) is 0 Å². The van der Waals surface area contributed by atoms with Gasteiger partial charge in [-0.1, -0.05) is 11.6 Å². The molecule has 20 heavy (non-hydrogen) atoms. The molecule has 2 aromatic rings. The maximum absolute atomic E-state index is 6.27. The molecule has 0 aliphatic rings. The molecule has 0 radical (unpaired) electrons. The standard InChI is InChI=1S/C13H18ClN5O/c1-9-6-17-11(8-16-9)12(15-2)13-10(14)7-18-19(13)4-5-20-3/h6-8,12,15H,4-5H2,1-3H3. The van der Waals surface area contributed by atoms with E-state index < -0.39 is 0 Å². The van der Waals surface area contributed by atoms with Crippen LogP contribution in [0.3, 0.4) is 0 Å². The van der Waals surface area contributed by atoms with Crippen LogP contribution in [0.15, 0.2) is 18.6 Å². The molecule has 1 unspecified atom stereocenters. The second-order valence-electron chi connectivity index (χ2n) is 4.40. The van der Waals surface area contributed by atoms with E-state index in [9.17, 15) is 0 Å². The highest BCUT2D eigenvalue weighted by Crippen LogP contribution is 2.26. The zero-order valence-corrected chi connectivity index (χ0v) is 12.6. The quantitative estimate of drug-likeness (QED) is 0.877. The normalized spacial score (nSPS) is 12.6. The van der Waals surface area contributed by atoms with Gasteiger partial charge < -0.3 is 10.1 Å². The molecule has 2 aromatic heterocycles. The van der Waals surface area contributed by atoms with Crippen LogP contribution in [0.25, 0.3) is 0 Å². The molecule has 2 rings (SSSR count). The number of aromatic nitrogens is 4. The van der Waals surface area contributed by atoms with Gasteiger partial charge in [0.2, 0.25) is 0 Å². The number of nitrogens with zero attached hydrogens (tertiary/aromatic N) is 4. The Bertz CT molecular complexity index is 554. The van der Waals surface area contributed by atoms with Crippen LogP contribution in [-0.4, -0.2) is 40.5 Å². The van der Waals surface area contributed by atoms with Gasteiger partial charge in [-0.15, -0.1) is 0 Å². The maximum Gasteiger partial charge on any atom is 0.0950 e. The van der Waals surface area contributed by atoms with Gasteiger partial charge in [0.15, 0.2) is 0 Å². The van der Waals surface area contributed by atoms with E-state index in [0.717, 1.165) is 17.1 Å². The van der Waals surface area contributed by atoms with Crippen molar-refractivity contribution in [1.29, 1.82) is 0 Å². The third-order valence-electron chi connectivity index (χ3n) is 3.00. The Morgan fingerprint density at radius 1 is 1.35 bits per heavy atom. The minimum Gasteiger partial charge on any atom is -0.383 e. The molecule has 1 N–H and O–H groups in total. The first-order chi connectivity index (χ1) is 9.67. The predicted octanol–water partition coefficient (Wildman–Crippen LogP) is 1.59. The van der Waals surface area contributed by atoms with E-state index in [0.29, 0.717) is 18.2 Å². The molecule has 0 saturated carbocycles. The van der Waals surface area contributed by atoms with E-state index in [1.807, 2.05) is 18.7 Å². The van der Waals surface area contributed by atoms with Gasteiger partial charge >= 0.3 is 0 Å². The number of aryl methyl sites for hydroxylation is 1. The van der Waals surface area contributed by atoms with E-state index in [-0.39, 0.29) is 6.04 Å². The van der Waals surface area contributed by atoms with Gasteiger partial charge in [0.25, 0.3) is 0 Å². The molecule has 0 amide bonds. The van der Waals surface area contributed by atoms with Crippen LogP contribution in [0.5, 0.6) is 0 Å². The minimum atomic E-state index is -0.157. The van der Waals surface area contributed by atoms with Gasteiger partial charge in [-0.05, 0) is 14.0 Å². The van der Waals surface area contributed by atoms with Crippen LogP contribution >= 0.6 is 11.6 Å². The molecular weight excluding hydrogens is 278 g/mol. The molecule has 1 atom stereocenters. The Morgan fingerprint density at radius 3 is 2.75 bits per heavy atom. The van der Waals surface area contributed by atoms with Crippen molar-refractivity contribution >= 4 is 11.6 Å². The number of rotatable bonds is 6. The third kappa shape index (κ3) is 3.15. The van der Waals surface area contributed by atoms with E-state index in [4.69, 9.17) is 16.3 Å². The van der Waals surface area contributed by atoms with Crippen LogP contribution in [0.4, 0.5) is 0 Å². The molecular formula is C13H18ClN5O. The highest BCUT2D eigenvalue weighted by atomic mass is 35.5. The summed E-state index contributed by atoms with van der Waals surface area (Å²) in [5.74, 6) is 0. The van der Waals surface area contributed by atoms with Crippen molar-refractivity contribution in [3.8, 4) is 0 Å². The van der Waals surface area contributed by atoms with Gasteiger partial charge in [0, 0.05) is 13.3 Å². The number of ether oxygens (including phenoxy) is 1. The second-order valence-corrected chi connectivity index (χ2v) is 4.81. The third-order valence-corrected chi connectivity index (χ3v) is 3.29. The van der Waals surface area contributed by atoms with E-state index in [2.05, 4.69) is 20.4 Å². The molecule has 0 aliphatic heterocycles. The lowest BCUT2D eigenvalue weighted by Gasteiger charge is -2.18. The number of hydrogen-bond donors (Lipinski definition) is 1. The van der Waals surface area contributed by atoms with Gasteiger partial charge in [-0.3, -0.25) is 14.6 Å². The first-order valence-corrected chi connectivity index (χ1v) is 6.71. The van der Waals surface area contributed by atoms with Gasteiger partial charge in [-0.25, -0.2) is 0 Å². The van der Waals surface area contributed by atoms with Crippen molar-refractivity contribution in [2.45, 2.75) is 19.5 Å². The van der Waals surface area contributed by atoms with Crippen molar-refractivity contribution in [2.24, 2.45) is 0 Å². The highest BCUT2D eigenvalue weighted by Gasteiger charge is 2.22. The average molecular weight is 296 g/mol. The van der Waals surface area contributed by atoms with E-state index in [1.165, 1.54) is 0 Å². The summed E-state index contributed by atoms with van der Waals surface area (Å²) in [5, 5.41) is 8.09. The Morgan fingerprint density at radius 2 is 2.15 bits per heavy atom. The zero-order valence-electron chi connectivity index (χ0n) is 11.8. The summed E-state index contributed by atoms with van der Waals surface area (Å²) < 4.78 is 6.92. The molecule has 108 valence electrons. The molecule has 0 saturated heterocycles. The Hall–Kier alpha value is -1.50. The summed E-state index contributed by atoms with van der Waals surface area (Å²) >= 11 is 6.27. The van der Waals surface area contributed by atoms with E-state index >= 15 is 0 Å². The zero-order chi connectivity index (χ0) is 14.5. The molecule has 7 heteroatoms. The summed E-state index contributed by atoms with van der Waals surface area (Å²) in [6.45, 7) is 3.11. The smallest absolute Gasteiger partial charge is 0.0950 e. The lowest BCUT2D eigenvalue weighted by molar-refractivity contribution is 0.182. The molecule has 0 aromatic carbocycles. The topological polar surface area (TPSA) is 64.9 Å². The van der Waals surface area contributed by atoms with Gasteiger partial charge in [-0.2, -0.15) is 5.10 Å². The average Bonchev–Trinajstić information content (AvgIpc) is 2.81. The fourth-order valence-electron chi connectivity index (χ4n) is 1.99. The summed E-state index contributed by atoms with van der Waals surface area (Å²) in [6.07, 6.45) is 5.13. The van der Waals surface area contributed by atoms with Crippen molar-refractivity contribution in [3.63, 3.8) is 0 Å². The fourth-order valence-corrected chi connectivity index (χ4v) is 2.24. The lowest BCUT2D eigenvalue weighted by atomic mass is 10.1. The monoisotopic (exact) mass is 295 g/mol. The van der Waals surface area contributed by atoms with Crippen LogP contribution in [-0.2, 0) is 11.3 Å². The summed E-state index contributed by atoms with van der Waals surface area (Å²) in [4.78, 5) is 8.69. The van der Waals surface area contributed by atoms with E-state index in [1.54, 1.807) is 25.7 Å². The Kier molecular flexibility index (Phi) is 5.05. The van der Waals surface area contributed by atoms with Crippen LogP contribution < -0.4 is 5.32 Å². The van der Waals surface area contributed by atoms with Crippen molar-refractivity contribution in [2.75, 3.05) is 20.8 Å². The SMILES string of the molecule is CNC(c1cnc(C)cn1)c1c(Cl)cnn1CCOC. The summed E-state index contributed by atoms with van der Waals surface area (Å²) in [6, 6.07) is -0.157. The number of nitrogens with one attached hydrogen (secondary N) is 1. The Balaban J connectivity index is 2.35. The van der Waals surface area contributed by atoms with Crippen LogP contribution in [0.2, 0.25) is 5.02 Å². The summed E-state index contributed by atoms with van der Waals surface area (Å²) in [5.41, 5.74) is 2.55.